The fourth-order valence-electron chi connectivity index (χ4n) is 1.32. The molecule has 1 rings (SSSR count). The molecule has 0 amide bonds. The average Bonchev–Trinajstić information content (AvgIpc) is 2.31. The van der Waals surface area contributed by atoms with E-state index in [1.807, 2.05) is 24.3 Å². The molecule has 0 saturated heterocycles. The lowest BCUT2D eigenvalue weighted by molar-refractivity contribution is 0.304. The molecule has 0 unspecified atom stereocenters. The van der Waals surface area contributed by atoms with Gasteiger partial charge in [-0.05, 0) is 43.5 Å². The zero-order valence-electron chi connectivity index (χ0n) is 9.23. The summed E-state index contributed by atoms with van der Waals surface area (Å²) in [6, 6.07) is 8.10. The van der Waals surface area contributed by atoms with Crippen molar-refractivity contribution < 1.29 is 4.74 Å². The van der Waals surface area contributed by atoms with Crippen LogP contribution in [0.2, 0.25) is 0 Å². The minimum atomic E-state index is 0.219. The van der Waals surface area contributed by atoms with Crippen LogP contribution in [0.25, 0.3) is 0 Å². The molecule has 4 heteroatoms. The maximum absolute atomic E-state index is 5.76. The van der Waals surface area contributed by atoms with E-state index in [0.29, 0.717) is 0 Å². The van der Waals surface area contributed by atoms with E-state index in [0.717, 1.165) is 41.8 Å². The molecule has 1 aromatic carbocycles. The van der Waals surface area contributed by atoms with Crippen LogP contribution in [0.4, 0.5) is 0 Å². The number of rotatable bonds is 7. The van der Waals surface area contributed by atoms with Gasteiger partial charge in [-0.3, -0.25) is 0 Å². The SMILES string of the molecule is N[C@@H](CS)CCCCOc1ccc(Br)cc1. The van der Waals surface area contributed by atoms with Gasteiger partial charge in [0.15, 0.2) is 0 Å². The van der Waals surface area contributed by atoms with E-state index < -0.39 is 0 Å². The molecular formula is C12H18BrNOS. The van der Waals surface area contributed by atoms with Gasteiger partial charge in [0.1, 0.15) is 5.75 Å². The lowest BCUT2D eigenvalue weighted by atomic mass is 10.1. The summed E-state index contributed by atoms with van der Waals surface area (Å²) in [5.74, 6) is 1.68. The second kappa shape index (κ2) is 7.98. The van der Waals surface area contributed by atoms with Gasteiger partial charge in [0.25, 0.3) is 0 Å². The molecule has 16 heavy (non-hydrogen) atoms. The van der Waals surface area contributed by atoms with Gasteiger partial charge < -0.3 is 10.5 Å². The molecule has 2 N–H and O–H groups in total. The number of benzene rings is 1. The molecule has 0 bridgehead atoms. The van der Waals surface area contributed by atoms with Crippen molar-refractivity contribution in [1.29, 1.82) is 0 Å². The van der Waals surface area contributed by atoms with Gasteiger partial charge in [-0.15, -0.1) is 0 Å². The summed E-state index contributed by atoms with van der Waals surface area (Å²) in [6.45, 7) is 0.751. The monoisotopic (exact) mass is 303 g/mol. The third-order valence-electron chi connectivity index (χ3n) is 2.29. The van der Waals surface area contributed by atoms with Gasteiger partial charge in [0, 0.05) is 16.3 Å². The van der Waals surface area contributed by atoms with Gasteiger partial charge >= 0.3 is 0 Å². The second-order valence-corrected chi connectivity index (χ2v) is 5.02. The second-order valence-electron chi connectivity index (χ2n) is 3.74. The van der Waals surface area contributed by atoms with Crippen molar-refractivity contribution in [3.05, 3.63) is 28.7 Å². The maximum atomic E-state index is 5.76. The molecule has 0 heterocycles. The summed E-state index contributed by atoms with van der Waals surface area (Å²) in [5, 5.41) is 0. The molecule has 0 aromatic heterocycles. The first kappa shape index (κ1) is 13.9. The first-order chi connectivity index (χ1) is 7.72. The zero-order chi connectivity index (χ0) is 11.8. The lowest BCUT2D eigenvalue weighted by Crippen LogP contribution is -2.21. The first-order valence-electron chi connectivity index (χ1n) is 5.47. The highest BCUT2D eigenvalue weighted by Crippen LogP contribution is 2.16. The standard InChI is InChI=1S/C12H18BrNOS/c13-10-4-6-12(7-5-10)15-8-2-1-3-11(14)9-16/h4-7,11,16H,1-3,8-9,14H2/t11-/m1/s1. The van der Waals surface area contributed by atoms with Crippen molar-refractivity contribution >= 4 is 28.6 Å². The van der Waals surface area contributed by atoms with Crippen LogP contribution < -0.4 is 10.5 Å². The van der Waals surface area contributed by atoms with Crippen molar-refractivity contribution in [2.75, 3.05) is 12.4 Å². The third-order valence-corrected chi connectivity index (χ3v) is 3.28. The van der Waals surface area contributed by atoms with E-state index >= 15 is 0 Å². The Balaban J connectivity index is 2.09. The normalized spacial score (nSPS) is 12.4. The number of hydrogen-bond acceptors (Lipinski definition) is 3. The summed E-state index contributed by atoms with van der Waals surface area (Å²) >= 11 is 7.53. The molecule has 1 aromatic rings. The van der Waals surface area contributed by atoms with Crippen molar-refractivity contribution in [2.45, 2.75) is 25.3 Å². The summed E-state index contributed by atoms with van der Waals surface area (Å²) in [5.41, 5.74) is 5.76. The van der Waals surface area contributed by atoms with Crippen LogP contribution in [-0.4, -0.2) is 18.4 Å². The van der Waals surface area contributed by atoms with E-state index in [2.05, 4.69) is 28.6 Å². The molecule has 1 atom stereocenters. The molecule has 0 saturated carbocycles. The Morgan fingerprint density at radius 2 is 1.94 bits per heavy atom. The van der Waals surface area contributed by atoms with E-state index in [9.17, 15) is 0 Å². The molecule has 0 radical (unpaired) electrons. The highest BCUT2D eigenvalue weighted by Gasteiger charge is 1.99. The predicted molar refractivity (Wildman–Crippen MR) is 75.3 cm³/mol. The highest BCUT2D eigenvalue weighted by molar-refractivity contribution is 9.10. The summed E-state index contributed by atoms with van der Waals surface area (Å²) < 4.78 is 6.66. The molecule has 0 aliphatic rings. The Kier molecular flexibility index (Phi) is 6.92. The predicted octanol–water partition coefficient (Wildman–Crippen LogP) is 3.26. The summed E-state index contributed by atoms with van der Waals surface area (Å²) in [4.78, 5) is 0. The van der Waals surface area contributed by atoms with E-state index in [4.69, 9.17) is 10.5 Å². The Morgan fingerprint density at radius 1 is 1.25 bits per heavy atom. The first-order valence-corrected chi connectivity index (χ1v) is 6.89. The van der Waals surface area contributed by atoms with Crippen LogP contribution >= 0.6 is 28.6 Å². The van der Waals surface area contributed by atoms with Gasteiger partial charge in [0.2, 0.25) is 0 Å². The quantitative estimate of drug-likeness (QED) is 0.599. The topological polar surface area (TPSA) is 35.2 Å². The van der Waals surface area contributed by atoms with E-state index in [-0.39, 0.29) is 6.04 Å². The lowest BCUT2D eigenvalue weighted by Gasteiger charge is -2.08. The minimum absolute atomic E-state index is 0.219. The Labute approximate surface area is 111 Å². The van der Waals surface area contributed by atoms with Gasteiger partial charge in [0.05, 0.1) is 6.61 Å². The largest absolute Gasteiger partial charge is 0.494 e. The number of hydrogen-bond donors (Lipinski definition) is 2. The number of ether oxygens (including phenoxy) is 1. The van der Waals surface area contributed by atoms with Crippen molar-refractivity contribution in [2.24, 2.45) is 5.73 Å². The van der Waals surface area contributed by atoms with Crippen LogP contribution in [0.3, 0.4) is 0 Å². The van der Waals surface area contributed by atoms with Crippen LogP contribution in [-0.2, 0) is 0 Å². The van der Waals surface area contributed by atoms with E-state index in [1.165, 1.54) is 0 Å². The van der Waals surface area contributed by atoms with Gasteiger partial charge in [-0.25, -0.2) is 0 Å². The van der Waals surface area contributed by atoms with Gasteiger partial charge in [-0.2, -0.15) is 12.6 Å². The Hall–Kier alpha value is -0.190. The number of thiol groups is 1. The Bertz CT molecular complexity index is 292. The number of nitrogens with two attached hydrogens (primary N) is 1. The molecule has 0 aliphatic carbocycles. The molecule has 0 aliphatic heterocycles. The third kappa shape index (κ3) is 5.77. The van der Waals surface area contributed by atoms with Crippen molar-refractivity contribution in [3.8, 4) is 5.75 Å². The smallest absolute Gasteiger partial charge is 0.119 e. The molecular weight excluding hydrogens is 286 g/mol. The molecule has 0 spiro atoms. The Morgan fingerprint density at radius 3 is 2.56 bits per heavy atom. The van der Waals surface area contributed by atoms with Crippen molar-refractivity contribution in [1.82, 2.24) is 0 Å². The van der Waals surface area contributed by atoms with Gasteiger partial charge in [-0.1, -0.05) is 15.9 Å². The fraction of sp³-hybridized carbons (Fsp3) is 0.500. The van der Waals surface area contributed by atoms with Crippen molar-refractivity contribution in [3.63, 3.8) is 0 Å². The van der Waals surface area contributed by atoms with Crippen LogP contribution in [0.5, 0.6) is 5.75 Å². The highest BCUT2D eigenvalue weighted by atomic mass is 79.9. The summed E-state index contributed by atoms with van der Waals surface area (Å²) in [7, 11) is 0. The van der Waals surface area contributed by atoms with Crippen LogP contribution in [0.15, 0.2) is 28.7 Å². The molecule has 0 fully saturated rings. The average molecular weight is 304 g/mol. The van der Waals surface area contributed by atoms with E-state index in [1.54, 1.807) is 0 Å². The summed E-state index contributed by atoms with van der Waals surface area (Å²) in [6.07, 6.45) is 3.16. The fourth-order valence-corrected chi connectivity index (χ4v) is 1.77. The molecule has 90 valence electrons. The van der Waals surface area contributed by atoms with Crippen LogP contribution in [0.1, 0.15) is 19.3 Å². The number of halogens is 1. The minimum Gasteiger partial charge on any atom is -0.494 e. The molecule has 2 nitrogen and oxygen atoms in total. The number of unbranched alkanes of at least 4 members (excludes halogenated alkanes) is 1. The maximum Gasteiger partial charge on any atom is 0.119 e. The zero-order valence-corrected chi connectivity index (χ0v) is 11.7. The van der Waals surface area contributed by atoms with Crippen LogP contribution in [0, 0.1) is 0 Å².